The van der Waals surface area contributed by atoms with Crippen molar-refractivity contribution in [3.63, 3.8) is 0 Å². The molecule has 3 aromatic carbocycles. The number of benzodiazepines with no additional fused rings is 1. The molecule has 1 aliphatic rings. The van der Waals surface area contributed by atoms with E-state index >= 15 is 0 Å². The second-order valence-corrected chi connectivity index (χ2v) is 8.07. The van der Waals surface area contributed by atoms with E-state index in [1.807, 2.05) is 44.2 Å². The number of carbonyl (C=O) groups excluding carboxylic acids is 1. The van der Waals surface area contributed by atoms with E-state index < -0.39 is 6.04 Å². The maximum absolute atomic E-state index is 13.5. The van der Waals surface area contributed by atoms with Crippen molar-refractivity contribution in [2.75, 3.05) is 11.9 Å². The molecule has 5 heteroatoms. The number of nitrogens with zero attached hydrogens (tertiary/aromatic N) is 2. The van der Waals surface area contributed by atoms with Crippen LogP contribution in [0.5, 0.6) is 0 Å². The number of amides is 1. The average Bonchev–Trinajstić information content (AvgIpc) is 2.82. The van der Waals surface area contributed by atoms with Crippen LogP contribution < -0.4 is 4.90 Å². The predicted octanol–water partition coefficient (Wildman–Crippen LogP) is 5.52. The fourth-order valence-electron chi connectivity index (χ4n) is 3.95. The van der Waals surface area contributed by atoms with Crippen molar-refractivity contribution in [3.8, 4) is 0 Å². The summed E-state index contributed by atoms with van der Waals surface area (Å²) in [4.78, 5) is 19.9. The molecule has 1 unspecified atom stereocenters. The Bertz CT molecular complexity index is 1130. The molecule has 0 bridgehead atoms. The topological polar surface area (TPSA) is 32.7 Å². The summed E-state index contributed by atoms with van der Waals surface area (Å²) in [5.74, 6) is -0.405. The fourth-order valence-corrected chi connectivity index (χ4v) is 4.12. The molecule has 1 heterocycles. The van der Waals surface area contributed by atoms with Crippen LogP contribution >= 0.6 is 11.6 Å². The molecule has 3 aromatic rings. The smallest absolute Gasteiger partial charge is 0.251 e. The van der Waals surface area contributed by atoms with E-state index in [4.69, 9.17) is 16.6 Å². The number of aliphatic imine (C=N–C) groups is 1. The molecule has 0 saturated heterocycles. The standard InChI is InChI=1S/C25H22ClFN2O/c1-15-5-4-6-16(2)20(15)14-22-25(30)29(3)23-12-9-18(26)13-21(23)24(28-22)17-7-10-19(27)11-8-17/h4-13,22H,14H2,1-3H3. The quantitative estimate of drug-likeness (QED) is 0.549. The molecule has 1 atom stereocenters. The minimum Gasteiger partial charge on any atom is -0.313 e. The molecule has 0 radical (unpaired) electrons. The van der Waals surface area contributed by atoms with Crippen molar-refractivity contribution in [1.29, 1.82) is 0 Å². The van der Waals surface area contributed by atoms with Crippen molar-refractivity contribution in [2.24, 2.45) is 4.99 Å². The normalized spacial score (nSPS) is 16.2. The van der Waals surface area contributed by atoms with E-state index in [0.717, 1.165) is 33.5 Å². The van der Waals surface area contributed by atoms with Gasteiger partial charge in [-0.25, -0.2) is 4.39 Å². The summed E-state index contributed by atoms with van der Waals surface area (Å²) in [6.07, 6.45) is 0.494. The SMILES string of the molecule is Cc1cccc(C)c1CC1N=C(c2ccc(F)cc2)c2cc(Cl)ccc2N(C)C1=O. The number of halogens is 2. The minimum absolute atomic E-state index is 0.0849. The van der Waals surface area contributed by atoms with E-state index in [1.165, 1.54) is 12.1 Å². The lowest BCUT2D eigenvalue weighted by atomic mass is 9.96. The van der Waals surface area contributed by atoms with Gasteiger partial charge < -0.3 is 4.90 Å². The number of fused-ring (bicyclic) bond motifs is 1. The largest absolute Gasteiger partial charge is 0.313 e. The molecule has 0 aliphatic carbocycles. The van der Waals surface area contributed by atoms with E-state index in [9.17, 15) is 9.18 Å². The highest BCUT2D eigenvalue weighted by Gasteiger charge is 2.31. The zero-order valence-corrected chi connectivity index (χ0v) is 17.9. The molecule has 0 aromatic heterocycles. The van der Waals surface area contributed by atoms with Crippen LogP contribution in [0.4, 0.5) is 10.1 Å². The molecule has 152 valence electrons. The van der Waals surface area contributed by atoms with Crippen molar-refractivity contribution < 1.29 is 9.18 Å². The molecule has 4 rings (SSSR count). The molecule has 3 nitrogen and oxygen atoms in total. The first-order valence-corrected chi connectivity index (χ1v) is 10.2. The summed E-state index contributed by atoms with van der Waals surface area (Å²) >= 11 is 6.28. The van der Waals surface area contributed by atoms with Gasteiger partial charge in [0.15, 0.2) is 0 Å². The predicted molar refractivity (Wildman–Crippen MR) is 120 cm³/mol. The van der Waals surface area contributed by atoms with Crippen LogP contribution in [0.2, 0.25) is 5.02 Å². The number of carbonyl (C=O) groups is 1. The number of benzene rings is 3. The average molecular weight is 421 g/mol. The molecule has 0 spiro atoms. The first kappa shape index (κ1) is 20.3. The van der Waals surface area contributed by atoms with Crippen LogP contribution in [0.3, 0.4) is 0 Å². The second-order valence-electron chi connectivity index (χ2n) is 7.63. The van der Waals surface area contributed by atoms with Gasteiger partial charge in [-0.3, -0.25) is 9.79 Å². The van der Waals surface area contributed by atoms with Crippen LogP contribution in [0.25, 0.3) is 0 Å². The van der Waals surface area contributed by atoms with Gasteiger partial charge in [-0.05, 0) is 73.0 Å². The van der Waals surface area contributed by atoms with E-state index in [0.29, 0.717) is 17.2 Å². The summed E-state index contributed by atoms with van der Waals surface area (Å²) in [6.45, 7) is 4.10. The van der Waals surface area contributed by atoms with Gasteiger partial charge in [-0.2, -0.15) is 0 Å². The lowest BCUT2D eigenvalue weighted by molar-refractivity contribution is -0.119. The summed E-state index contributed by atoms with van der Waals surface area (Å²) < 4.78 is 13.5. The molecule has 0 fully saturated rings. The monoisotopic (exact) mass is 420 g/mol. The Balaban J connectivity index is 1.89. The zero-order valence-electron chi connectivity index (χ0n) is 17.1. The Morgan fingerprint density at radius 2 is 1.70 bits per heavy atom. The Hall–Kier alpha value is -2.98. The lowest BCUT2D eigenvalue weighted by Gasteiger charge is -2.21. The van der Waals surface area contributed by atoms with Gasteiger partial charge in [0.2, 0.25) is 0 Å². The van der Waals surface area contributed by atoms with Crippen LogP contribution in [0.15, 0.2) is 65.7 Å². The van der Waals surface area contributed by atoms with E-state index in [-0.39, 0.29) is 11.7 Å². The number of anilines is 1. The van der Waals surface area contributed by atoms with E-state index in [1.54, 1.807) is 30.1 Å². The van der Waals surface area contributed by atoms with Crippen LogP contribution in [0.1, 0.15) is 27.8 Å². The molecular formula is C25H22ClFN2O. The number of hydrogen-bond donors (Lipinski definition) is 0. The molecule has 30 heavy (non-hydrogen) atoms. The Morgan fingerprint density at radius 3 is 2.37 bits per heavy atom. The summed E-state index contributed by atoms with van der Waals surface area (Å²) in [5, 5.41) is 0.553. The number of aryl methyl sites for hydroxylation is 2. The van der Waals surface area contributed by atoms with Gasteiger partial charge in [0.25, 0.3) is 5.91 Å². The maximum Gasteiger partial charge on any atom is 0.251 e. The third kappa shape index (κ3) is 3.75. The van der Waals surface area contributed by atoms with Gasteiger partial charge >= 0.3 is 0 Å². The molecule has 0 saturated carbocycles. The van der Waals surface area contributed by atoms with Gasteiger partial charge in [0.05, 0.1) is 11.4 Å². The van der Waals surface area contributed by atoms with Gasteiger partial charge in [0.1, 0.15) is 11.9 Å². The second kappa shape index (κ2) is 8.04. The van der Waals surface area contributed by atoms with Crippen LogP contribution in [0, 0.1) is 19.7 Å². The number of likely N-dealkylation sites (N-methyl/N-ethyl adjacent to an activating group) is 1. The zero-order chi connectivity index (χ0) is 21.4. The molecule has 1 amide bonds. The van der Waals surface area contributed by atoms with E-state index in [2.05, 4.69) is 0 Å². The van der Waals surface area contributed by atoms with Crippen LogP contribution in [-0.2, 0) is 11.2 Å². The highest BCUT2D eigenvalue weighted by molar-refractivity contribution is 6.32. The molecule has 1 aliphatic heterocycles. The molecular weight excluding hydrogens is 399 g/mol. The molecule has 0 N–H and O–H groups in total. The third-order valence-corrected chi connectivity index (χ3v) is 5.87. The minimum atomic E-state index is -0.596. The number of hydrogen-bond acceptors (Lipinski definition) is 2. The van der Waals surface area contributed by atoms with Crippen LogP contribution in [-0.4, -0.2) is 24.7 Å². The Morgan fingerprint density at radius 1 is 1.03 bits per heavy atom. The maximum atomic E-state index is 13.5. The highest BCUT2D eigenvalue weighted by Crippen LogP contribution is 2.31. The third-order valence-electron chi connectivity index (χ3n) is 5.64. The van der Waals surface area contributed by atoms with Crippen molar-refractivity contribution in [2.45, 2.75) is 26.3 Å². The van der Waals surface area contributed by atoms with Gasteiger partial charge in [-0.15, -0.1) is 0 Å². The first-order chi connectivity index (χ1) is 14.3. The Labute approximate surface area is 180 Å². The number of rotatable bonds is 3. The Kier molecular flexibility index (Phi) is 5.44. The van der Waals surface area contributed by atoms with Gasteiger partial charge in [0, 0.05) is 29.6 Å². The summed E-state index contributed by atoms with van der Waals surface area (Å²) in [6, 6.07) is 17.1. The van der Waals surface area contributed by atoms with Crippen molar-refractivity contribution in [1.82, 2.24) is 0 Å². The summed E-state index contributed by atoms with van der Waals surface area (Å²) in [7, 11) is 1.76. The summed E-state index contributed by atoms with van der Waals surface area (Å²) in [5.41, 5.74) is 6.26. The lowest BCUT2D eigenvalue weighted by Crippen LogP contribution is -2.36. The van der Waals surface area contributed by atoms with Gasteiger partial charge in [-0.1, -0.05) is 29.8 Å². The van der Waals surface area contributed by atoms with Crippen molar-refractivity contribution >= 4 is 28.9 Å². The highest BCUT2D eigenvalue weighted by atomic mass is 35.5. The van der Waals surface area contributed by atoms with Crippen molar-refractivity contribution in [3.05, 3.63) is 99.3 Å². The first-order valence-electron chi connectivity index (χ1n) is 9.81. The fraction of sp³-hybridized carbons (Fsp3) is 0.200.